The van der Waals surface area contributed by atoms with E-state index in [4.69, 9.17) is 42.5 Å². The van der Waals surface area contributed by atoms with Crippen LogP contribution in [0.4, 0.5) is 41.6 Å². The Morgan fingerprint density at radius 2 is 0.630 bits per heavy atom. The van der Waals surface area contributed by atoms with Gasteiger partial charge < -0.3 is 51.6 Å². The van der Waals surface area contributed by atoms with Gasteiger partial charge in [0.1, 0.15) is 11.5 Å². The van der Waals surface area contributed by atoms with Crippen LogP contribution in [-0.4, -0.2) is 171 Å². The molecule has 7 spiro atoms. The number of nitro groups is 5. The van der Waals surface area contributed by atoms with Gasteiger partial charge in [0.15, 0.2) is 0 Å². The van der Waals surface area contributed by atoms with Crippen LogP contribution in [0.5, 0.6) is 0 Å². The zero-order valence-electron chi connectivity index (χ0n) is 78.1. The van der Waals surface area contributed by atoms with Crippen molar-refractivity contribution in [1.82, 2.24) is 23.3 Å². The lowest BCUT2D eigenvalue weighted by Crippen LogP contribution is -2.41. The third-order valence-electron chi connectivity index (χ3n) is 29.1. The standard InChI is InChI=1S/C15H25BO3.4C14H16N2O4.C10H13F3O4S.C9H14O2.C5H4N2O3/c1-13(2)14(3,4)19-16(18-13)12-6-9-15(10-7-12)8-5-11-17-15;4*17-13-12(16(18)19)3-1-9-15(13)11-4-7-14(8-5-11)6-2-10-20-14;11-10(12,13)18(14,15)17-8-2-5-9(6-3-8)4-1-7-16-9;10-8-2-5-9(6-3-8)4-1-7-11-9;8-5-4(7(9)10)2-1-3-6-5/h6H,5,7-11H2,1-4H3;4*1,3-4,9H,2,5-8,10H2;2H,1,3-7H2;1-7H2;1-3H,(H,6,8)/t;3*14-;;;;/m.110..../s1. The molecule has 0 aromatic carbocycles. The Morgan fingerprint density at radius 1 is 0.362 bits per heavy atom. The van der Waals surface area contributed by atoms with Crippen LogP contribution in [0.3, 0.4) is 0 Å². The monoisotopic (exact) mass is 1950 g/mol. The quantitative estimate of drug-likeness (QED) is 0.0398. The van der Waals surface area contributed by atoms with Crippen molar-refractivity contribution < 1.29 is 97.6 Å². The van der Waals surface area contributed by atoms with Crippen LogP contribution >= 0.6 is 0 Å². The third-order valence-corrected chi connectivity index (χ3v) is 30.1. The third kappa shape index (κ3) is 25.3. The van der Waals surface area contributed by atoms with Gasteiger partial charge in [0.25, 0.3) is 0 Å². The number of aromatic nitrogens is 5. The van der Waals surface area contributed by atoms with Gasteiger partial charge in [-0.15, -0.1) is 0 Å². The van der Waals surface area contributed by atoms with Crippen molar-refractivity contribution in [3.63, 3.8) is 0 Å². The van der Waals surface area contributed by atoms with Crippen LogP contribution in [0.2, 0.25) is 0 Å². The number of H-pyrrole nitrogens is 1. The van der Waals surface area contributed by atoms with Gasteiger partial charge in [0.05, 0.1) is 75.0 Å². The van der Waals surface area contributed by atoms with Crippen molar-refractivity contribution in [2.24, 2.45) is 0 Å². The van der Waals surface area contributed by atoms with Gasteiger partial charge >= 0.3 is 79.0 Å². The number of hydrogen-bond donors (Lipinski definition) is 1. The second-order valence-electron chi connectivity index (χ2n) is 38.5. The topological polar surface area (TPSA) is 480 Å². The molecule has 0 radical (unpaired) electrons. The molecule has 0 bridgehead atoms. The number of allylic oxidation sites excluding steroid dienone is 6. The summed E-state index contributed by atoms with van der Waals surface area (Å²) in [6.45, 7) is 14.1. The number of pyridine rings is 5. The molecule has 13 heterocycles. The SMILES string of the molecule is CC1(C)OB(C2=CCC3(CCCO3)CC2)OC1(C)C.O=C1CCC2(CCCO2)CC1.O=S(=O)(OC1=CCC2(CCCO2)CC1)C(F)(F)F.O=c1[nH]cccc1[N+](=O)[O-].O=c1c([N+](=O)[O-])cccn1C1=CCC2(CCCO2)CC1.O=c1c([N+](=O)[O-])cccn1C1=CC[C@@]2(CCCO2)CC1.O=c1c([N+](=O)[O-])cccn1C1=CC[C@]2(CCCO2)CC1.O=c1c([N+](=O)[O-])cccn1C1=CC[C@]2(CCCO2)CC1. The molecule has 6 atom stereocenters. The van der Waals surface area contributed by atoms with Crippen molar-refractivity contribution in [2.75, 3.05) is 46.2 Å². The summed E-state index contributed by atoms with van der Waals surface area (Å²) in [6, 6.07) is 13.7. The van der Waals surface area contributed by atoms with Gasteiger partial charge in [0.2, 0.25) is 0 Å². The number of nitrogens with one attached hydrogen (secondary N) is 1. The zero-order valence-corrected chi connectivity index (χ0v) is 78.9. The average Bonchev–Trinajstić information content (AvgIpc) is 1.61. The van der Waals surface area contributed by atoms with Crippen molar-refractivity contribution in [3.05, 3.63) is 242 Å². The smallest absolute Gasteiger partial charge is 0.400 e. The van der Waals surface area contributed by atoms with Crippen LogP contribution in [0, 0.1) is 50.6 Å². The fraction of sp³-hybridized carbons (Fsp3) is 0.600. The highest BCUT2D eigenvalue weighted by Gasteiger charge is 2.54. The van der Waals surface area contributed by atoms with Crippen molar-refractivity contribution >= 4 is 74.2 Å². The number of carbonyl (C=O) groups excluding carboxylic acids is 1. The Balaban J connectivity index is 0.000000134. The predicted molar refractivity (Wildman–Crippen MR) is 501 cm³/mol. The molecule has 8 aliphatic heterocycles. The van der Waals surface area contributed by atoms with Gasteiger partial charge in [-0.2, -0.15) is 21.6 Å². The molecule has 0 amide bonds. The number of rotatable bonds is 12. The van der Waals surface area contributed by atoms with Crippen LogP contribution in [0.15, 0.2) is 163 Å². The maximum Gasteiger partial charge on any atom is 0.534 e. The lowest BCUT2D eigenvalue weighted by atomic mass is 9.69. The molecule has 5 aromatic rings. The van der Waals surface area contributed by atoms with Crippen LogP contribution in [0.1, 0.15) is 259 Å². The first kappa shape index (κ1) is 104. The normalized spacial score (nSPS) is 26.8. The highest BCUT2D eigenvalue weighted by Crippen LogP contribution is 2.48. The minimum absolute atomic E-state index is 0.0617. The first-order valence-corrected chi connectivity index (χ1v) is 48.7. The van der Waals surface area contributed by atoms with Crippen molar-refractivity contribution in [1.29, 1.82) is 0 Å². The summed E-state index contributed by atoms with van der Waals surface area (Å²) in [5.41, 5.74) is -6.42. The van der Waals surface area contributed by atoms with Gasteiger partial charge in [-0.1, -0.05) is 30.4 Å². The number of carbonyl (C=O) groups is 1. The van der Waals surface area contributed by atoms with E-state index in [2.05, 4.69) is 42.9 Å². The molecule has 138 heavy (non-hydrogen) atoms. The lowest BCUT2D eigenvalue weighted by molar-refractivity contribution is -0.386. The lowest BCUT2D eigenvalue weighted by Gasteiger charge is -2.32. The minimum atomic E-state index is -5.54. The van der Waals surface area contributed by atoms with Gasteiger partial charge in [-0.3, -0.25) is 97.6 Å². The van der Waals surface area contributed by atoms with Crippen LogP contribution in [-0.2, 0) is 61.6 Å². The molecule has 5 aromatic heterocycles. The van der Waals surface area contributed by atoms with E-state index in [1.54, 1.807) is 24.8 Å². The van der Waals surface area contributed by atoms with E-state index >= 15 is 0 Å². The molecule has 1 saturated carbocycles. The van der Waals surface area contributed by atoms with Gasteiger partial charge in [-0.05, 0) is 281 Å². The minimum Gasteiger partial charge on any atom is -0.400 e. The first-order chi connectivity index (χ1) is 65.6. The molecule has 8 saturated heterocycles. The maximum atomic E-state index is 12.1. The Kier molecular flexibility index (Phi) is 33.5. The number of halogens is 3. The number of alkyl halides is 3. The van der Waals surface area contributed by atoms with Gasteiger partial charge in [0, 0.05) is 150 Å². The molecule has 9 fully saturated rings. The van der Waals surface area contributed by atoms with Crippen molar-refractivity contribution in [3.8, 4) is 0 Å². The average molecular weight is 1950 g/mol. The Hall–Kier alpha value is -10.9. The summed E-state index contributed by atoms with van der Waals surface area (Å²) in [4.78, 5) is 122. The maximum absolute atomic E-state index is 12.1. The number of Topliss-reactive ketones (excluding diaryl/α,β-unsaturated/α-hetero) is 1. The number of hydrogen-bond acceptors (Lipinski definition) is 28. The number of aromatic amines is 1. The second kappa shape index (κ2) is 44.3. The van der Waals surface area contributed by atoms with Gasteiger partial charge in [-0.25, -0.2) is 0 Å². The molecule has 43 heteroatoms. The number of ether oxygens (including phenoxy) is 7. The summed E-state index contributed by atoms with van der Waals surface area (Å²) in [5.74, 6) is 0.277. The van der Waals surface area contributed by atoms with Crippen LogP contribution in [0.25, 0.3) is 22.8 Å². The summed E-state index contributed by atoms with van der Waals surface area (Å²) in [6.07, 6.45) is 51.5. The molecule has 20 rings (SSSR count). The number of ketones is 1. The highest BCUT2D eigenvalue weighted by molar-refractivity contribution is 7.87. The summed E-state index contributed by atoms with van der Waals surface area (Å²) in [5, 5.41) is 53.3. The summed E-state index contributed by atoms with van der Waals surface area (Å²) in [7, 11) is -5.70. The van der Waals surface area contributed by atoms with E-state index in [1.165, 1.54) is 116 Å². The molecular formula is C95H120BF3N10O28S. The first-order valence-electron chi connectivity index (χ1n) is 47.3. The van der Waals surface area contributed by atoms with E-state index in [-0.39, 0.29) is 92.5 Å². The van der Waals surface area contributed by atoms with E-state index in [0.29, 0.717) is 50.9 Å². The number of nitrogens with zero attached hydrogens (tertiary/aromatic N) is 9. The molecule has 38 nitrogen and oxygen atoms in total. The molecule has 15 aliphatic rings. The largest absolute Gasteiger partial charge is 0.534 e. The van der Waals surface area contributed by atoms with Crippen molar-refractivity contribution in [2.45, 2.75) is 315 Å². The molecule has 1 N–H and O–H groups in total. The zero-order chi connectivity index (χ0) is 99.1. The van der Waals surface area contributed by atoms with E-state index in [9.17, 15) is 101 Å². The molecule has 7 aliphatic carbocycles. The van der Waals surface area contributed by atoms with E-state index < -0.39 is 73.7 Å². The summed E-state index contributed by atoms with van der Waals surface area (Å²) >= 11 is 0. The fourth-order valence-corrected chi connectivity index (χ4v) is 20.8. The Bertz CT molecular complexity index is 5450. The Morgan fingerprint density at radius 3 is 0.862 bits per heavy atom. The molecule has 748 valence electrons. The summed E-state index contributed by atoms with van der Waals surface area (Å²) < 4.78 is 120. The predicted octanol–water partition coefficient (Wildman–Crippen LogP) is 17.0. The molecule has 3 unspecified atom stereocenters. The van der Waals surface area contributed by atoms with Crippen LogP contribution < -0.4 is 27.8 Å². The van der Waals surface area contributed by atoms with E-state index in [0.717, 1.165) is 229 Å². The highest BCUT2D eigenvalue weighted by atomic mass is 32.2. The Labute approximate surface area is 794 Å². The second-order valence-corrected chi connectivity index (χ2v) is 40.0. The fourth-order valence-electron chi connectivity index (χ4n) is 20.3. The molecular weight excluding hydrogens is 1830 g/mol. The van der Waals surface area contributed by atoms with E-state index in [1.807, 2.05) is 24.3 Å².